The maximum Gasteiger partial charge on any atom is 0.219 e. The van der Waals surface area contributed by atoms with Crippen LogP contribution in [0.2, 0.25) is 5.02 Å². The van der Waals surface area contributed by atoms with Crippen LogP contribution in [-0.2, 0) is 0 Å². The Bertz CT molecular complexity index is 977. The zero-order chi connectivity index (χ0) is 18.7. The topological polar surface area (TPSA) is 77.6 Å². The average molecular weight is 393 g/mol. The fourth-order valence-corrected chi connectivity index (χ4v) is 2.70. The Hall–Kier alpha value is -2.58. The molecule has 3 aromatic rings. The van der Waals surface area contributed by atoms with E-state index in [9.17, 15) is 0 Å². The molecular weight excluding hydrogens is 376 g/mol. The Balaban J connectivity index is 1.96. The fourth-order valence-electron chi connectivity index (χ4n) is 2.25. The maximum absolute atomic E-state index is 6.33. The van der Waals surface area contributed by atoms with Crippen molar-refractivity contribution in [2.24, 2.45) is 5.10 Å². The predicted molar refractivity (Wildman–Crippen MR) is 102 cm³/mol. The summed E-state index contributed by atoms with van der Waals surface area (Å²) in [7, 11) is 1.56. The van der Waals surface area contributed by atoms with E-state index in [2.05, 4.69) is 15.3 Å². The molecule has 1 N–H and O–H groups in total. The van der Waals surface area contributed by atoms with E-state index < -0.39 is 0 Å². The minimum absolute atomic E-state index is 0.0268. The molecule has 136 valence electrons. The minimum atomic E-state index is -0.0268. The van der Waals surface area contributed by atoms with Gasteiger partial charge < -0.3 is 13.9 Å². The second kappa shape index (κ2) is 7.76. The highest BCUT2D eigenvalue weighted by Gasteiger charge is 2.14. The molecule has 26 heavy (non-hydrogen) atoms. The number of aromatic nitrogens is 3. The van der Waals surface area contributed by atoms with Gasteiger partial charge in [-0.3, -0.25) is 0 Å². The first-order chi connectivity index (χ1) is 12.5. The van der Waals surface area contributed by atoms with Gasteiger partial charge in [0, 0.05) is 0 Å². The number of methoxy groups -OCH3 is 1. The van der Waals surface area contributed by atoms with Gasteiger partial charge in [0.25, 0.3) is 0 Å². The van der Waals surface area contributed by atoms with Crippen LogP contribution in [0.4, 0.5) is 0 Å². The summed E-state index contributed by atoms with van der Waals surface area (Å²) in [4.78, 5) is 0. The van der Waals surface area contributed by atoms with Crippen molar-refractivity contribution in [3.63, 3.8) is 0 Å². The summed E-state index contributed by atoms with van der Waals surface area (Å²) in [5.41, 5.74) is 0.719. The molecule has 0 fully saturated rings. The van der Waals surface area contributed by atoms with Gasteiger partial charge in [-0.15, -0.1) is 5.10 Å². The molecule has 0 aliphatic carbocycles. The third-order valence-electron chi connectivity index (χ3n) is 3.32. The van der Waals surface area contributed by atoms with Gasteiger partial charge in [0.1, 0.15) is 0 Å². The SMILES string of the molecule is COc1cc(/C=N\n2c(-c3ccco3)n[nH]c2=S)cc(Cl)c1OC(C)C. The lowest BCUT2D eigenvalue weighted by Gasteiger charge is -2.15. The summed E-state index contributed by atoms with van der Waals surface area (Å²) < 4.78 is 18.2. The number of hydrogen-bond donors (Lipinski definition) is 1. The minimum Gasteiger partial charge on any atom is -0.493 e. The summed E-state index contributed by atoms with van der Waals surface area (Å²) in [6.07, 6.45) is 3.13. The molecule has 0 saturated carbocycles. The van der Waals surface area contributed by atoms with E-state index in [0.29, 0.717) is 32.9 Å². The van der Waals surface area contributed by atoms with Crippen LogP contribution in [0, 0.1) is 4.77 Å². The lowest BCUT2D eigenvalue weighted by Crippen LogP contribution is -2.07. The van der Waals surface area contributed by atoms with Crippen molar-refractivity contribution in [2.75, 3.05) is 7.11 Å². The van der Waals surface area contributed by atoms with Crippen LogP contribution in [0.1, 0.15) is 19.4 Å². The van der Waals surface area contributed by atoms with E-state index in [1.807, 2.05) is 13.8 Å². The molecule has 0 aliphatic rings. The number of benzene rings is 1. The highest BCUT2D eigenvalue weighted by Crippen LogP contribution is 2.36. The first kappa shape index (κ1) is 18.2. The van der Waals surface area contributed by atoms with Crippen molar-refractivity contribution >= 4 is 30.0 Å². The van der Waals surface area contributed by atoms with Gasteiger partial charge >= 0.3 is 0 Å². The Morgan fingerprint density at radius 3 is 2.88 bits per heavy atom. The number of furan rings is 1. The van der Waals surface area contributed by atoms with E-state index in [0.717, 1.165) is 5.56 Å². The zero-order valence-corrected chi connectivity index (χ0v) is 16.0. The van der Waals surface area contributed by atoms with Gasteiger partial charge in [0.05, 0.1) is 30.7 Å². The number of rotatable bonds is 6. The van der Waals surface area contributed by atoms with Gasteiger partial charge in [-0.1, -0.05) is 11.6 Å². The molecule has 1 aromatic carbocycles. The number of halogens is 1. The normalized spacial score (nSPS) is 11.4. The number of nitrogens with zero attached hydrogens (tertiary/aromatic N) is 3. The lowest BCUT2D eigenvalue weighted by molar-refractivity contribution is 0.230. The summed E-state index contributed by atoms with van der Waals surface area (Å²) in [6, 6.07) is 7.05. The molecule has 2 aromatic heterocycles. The van der Waals surface area contributed by atoms with Crippen LogP contribution >= 0.6 is 23.8 Å². The molecule has 0 unspecified atom stereocenters. The highest BCUT2D eigenvalue weighted by molar-refractivity contribution is 7.71. The van der Waals surface area contributed by atoms with Gasteiger partial charge in [-0.05, 0) is 55.9 Å². The monoisotopic (exact) mass is 392 g/mol. The van der Waals surface area contributed by atoms with Gasteiger partial charge in [0.2, 0.25) is 10.6 Å². The van der Waals surface area contributed by atoms with Crippen molar-refractivity contribution in [2.45, 2.75) is 20.0 Å². The van der Waals surface area contributed by atoms with E-state index in [-0.39, 0.29) is 6.10 Å². The van der Waals surface area contributed by atoms with E-state index in [1.165, 1.54) is 4.68 Å². The van der Waals surface area contributed by atoms with Crippen LogP contribution < -0.4 is 9.47 Å². The molecule has 2 heterocycles. The van der Waals surface area contributed by atoms with Crippen LogP contribution in [-0.4, -0.2) is 34.3 Å². The van der Waals surface area contributed by atoms with Gasteiger partial charge in [0.15, 0.2) is 17.3 Å². The predicted octanol–water partition coefficient (Wildman–Crippen LogP) is 4.53. The van der Waals surface area contributed by atoms with Crippen molar-refractivity contribution in [1.82, 2.24) is 14.9 Å². The standard InChI is InChI=1S/C17H17ClN4O3S/c1-10(2)25-15-12(18)7-11(8-14(15)23-3)9-19-22-16(20-21-17(22)26)13-5-4-6-24-13/h4-10H,1-3H3,(H,21,26)/b19-9-. The summed E-state index contributed by atoms with van der Waals surface area (Å²) >= 11 is 11.6. The quantitative estimate of drug-likeness (QED) is 0.492. The lowest BCUT2D eigenvalue weighted by atomic mass is 10.2. The second-order valence-electron chi connectivity index (χ2n) is 5.59. The molecule has 0 aliphatic heterocycles. The molecule has 0 bridgehead atoms. The van der Waals surface area contributed by atoms with Crippen LogP contribution in [0.3, 0.4) is 0 Å². The number of aromatic amines is 1. The number of hydrogen-bond acceptors (Lipinski definition) is 6. The Morgan fingerprint density at radius 2 is 2.23 bits per heavy atom. The highest BCUT2D eigenvalue weighted by atomic mass is 35.5. The number of ether oxygens (including phenoxy) is 2. The molecule has 0 atom stereocenters. The zero-order valence-electron chi connectivity index (χ0n) is 14.4. The van der Waals surface area contributed by atoms with Gasteiger partial charge in [-0.2, -0.15) is 9.78 Å². The smallest absolute Gasteiger partial charge is 0.219 e. The molecule has 7 nitrogen and oxygen atoms in total. The average Bonchev–Trinajstić information content (AvgIpc) is 3.24. The largest absolute Gasteiger partial charge is 0.493 e. The Morgan fingerprint density at radius 1 is 1.42 bits per heavy atom. The molecule has 0 saturated heterocycles. The van der Waals surface area contributed by atoms with E-state index in [1.54, 1.807) is 43.9 Å². The third-order valence-corrected chi connectivity index (χ3v) is 3.86. The van der Waals surface area contributed by atoms with Crippen LogP contribution in [0.15, 0.2) is 40.0 Å². The third kappa shape index (κ3) is 3.81. The number of nitrogens with one attached hydrogen (secondary N) is 1. The Labute approximate surface area is 160 Å². The van der Waals surface area contributed by atoms with Crippen LogP contribution in [0.5, 0.6) is 11.5 Å². The summed E-state index contributed by atoms with van der Waals surface area (Å²) in [6.45, 7) is 3.84. The van der Waals surface area contributed by atoms with Crippen LogP contribution in [0.25, 0.3) is 11.6 Å². The molecule has 0 spiro atoms. The molecule has 3 rings (SSSR count). The first-order valence-corrected chi connectivity index (χ1v) is 8.58. The van der Waals surface area contributed by atoms with E-state index in [4.69, 9.17) is 37.7 Å². The van der Waals surface area contributed by atoms with E-state index >= 15 is 0 Å². The molecule has 0 amide bonds. The van der Waals surface area contributed by atoms with Crippen molar-refractivity contribution in [3.8, 4) is 23.1 Å². The second-order valence-corrected chi connectivity index (χ2v) is 6.38. The van der Waals surface area contributed by atoms with Crippen molar-refractivity contribution < 1.29 is 13.9 Å². The van der Waals surface area contributed by atoms with Crippen molar-refractivity contribution in [3.05, 3.63) is 45.9 Å². The van der Waals surface area contributed by atoms with Gasteiger partial charge in [-0.25, -0.2) is 5.10 Å². The Kier molecular flexibility index (Phi) is 5.43. The fraction of sp³-hybridized carbons (Fsp3) is 0.235. The summed E-state index contributed by atoms with van der Waals surface area (Å²) in [5.74, 6) is 2.03. The summed E-state index contributed by atoms with van der Waals surface area (Å²) in [5, 5.41) is 11.6. The molecular formula is C17H17ClN4O3S. The van der Waals surface area contributed by atoms with Crippen molar-refractivity contribution in [1.29, 1.82) is 0 Å². The maximum atomic E-state index is 6.33. The molecule has 0 radical (unpaired) electrons. The molecule has 9 heteroatoms. The number of H-pyrrole nitrogens is 1. The first-order valence-electron chi connectivity index (χ1n) is 7.79.